The number of nitrogens with zero attached hydrogens (tertiary/aromatic N) is 1. The van der Waals surface area contributed by atoms with Crippen LogP contribution in [0.4, 0.5) is 8.78 Å². The van der Waals surface area contributed by atoms with Crippen LogP contribution in [-0.2, 0) is 0 Å². The summed E-state index contributed by atoms with van der Waals surface area (Å²) < 4.78 is 25.5. The molecule has 0 radical (unpaired) electrons. The molecule has 1 aliphatic heterocycles. The summed E-state index contributed by atoms with van der Waals surface area (Å²) in [4.78, 5) is 2.19. The second-order valence-electron chi connectivity index (χ2n) is 4.10. The quantitative estimate of drug-likeness (QED) is 0.620. The molecule has 0 spiro atoms. The highest BCUT2D eigenvalue weighted by Crippen LogP contribution is 2.59. The Bertz CT molecular complexity index is 179. The smallest absolute Gasteiger partial charge is 0.257 e. The molecule has 0 N–H and O–H groups in total. The Labute approximate surface area is 71.7 Å². The summed E-state index contributed by atoms with van der Waals surface area (Å²) in [5.41, 5.74) is 0. The van der Waals surface area contributed by atoms with E-state index in [9.17, 15) is 8.78 Å². The van der Waals surface area contributed by atoms with Crippen molar-refractivity contribution in [3.05, 3.63) is 0 Å². The molecule has 3 heteroatoms. The average molecular weight is 175 g/mol. The van der Waals surface area contributed by atoms with Crippen LogP contribution in [0.5, 0.6) is 0 Å². The largest absolute Gasteiger partial charge is 0.300 e. The van der Waals surface area contributed by atoms with E-state index in [2.05, 4.69) is 18.7 Å². The van der Waals surface area contributed by atoms with Crippen LogP contribution in [0.3, 0.4) is 0 Å². The van der Waals surface area contributed by atoms with Gasteiger partial charge in [-0.1, -0.05) is 6.92 Å². The van der Waals surface area contributed by atoms with Gasteiger partial charge in [-0.25, -0.2) is 8.78 Å². The van der Waals surface area contributed by atoms with Crippen molar-refractivity contribution in [1.29, 1.82) is 0 Å². The minimum Gasteiger partial charge on any atom is -0.300 e. The summed E-state index contributed by atoms with van der Waals surface area (Å²) in [6.07, 6.45) is 1.06. The summed E-state index contributed by atoms with van der Waals surface area (Å²) in [7, 11) is 0. The zero-order valence-electron chi connectivity index (χ0n) is 7.56. The van der Waals surface area contributed by atoms with Gasteiger partial charge in [0.05, 0.1) is 0 Å². The number of piperidine rings is 1. The standard InChI is InChI=1S/C9H15F2N/c1-3-6(2)12-4-7-8(5-12)9(7,10)11/h6-8H,3-5H2,1-2H3. The number of likely N-dealkylation sites (tertiary alicyclic amines) is 1. The number of alkyl halides is 2. The number of hydrogen-bond donors (Lipinski definition) is 0. The van der Waals surface area contributed by atoms with E-state index in [0.717, 1.165) is 6.42 Å². The zero-order chi connectivity index (χ0) is 8.93. The van der Waals surface area contributed by atoms with Gasteiger partial charge in [0.25, 0.3) is 5.92 Å². The topological polar surface area (TPSA) is 3.24 Å². The predicted octanol–water partition coefficient (Wildman–Crippen LogP) is 1.98. The molecule has 2 aliphatic rings. The summed E-state index contributed by atoms with van der Waals surface area (Å²) in [5, 5.41) is 0. The SMILES string of the molecule is CCC(C)N1CC2C(C1)C2(F)F. The lowest BCUT2D eigenvalue weighted by Crippen LogP contribution is -2.34. The molecule has 70 valence electrons. The third-order valence-corrected chi connectivity index (χ3v) is 3.44. The van der Waals surface area contributed by atoms with Crippen LogP contribution in [0.15, 0.2) is 0 Å². The first-order valence-corrected chi connectivity index (χ1v) is 4.69. The van der Waals surface area contributed by atoms with Crippen molar-refractivity contribution in [2.75, 3.05) is 13.1 Å². The lowest BCUT2D eigenvalue weighted by atomic mass is 10.2. The minimum atomic E-state index is -2.32. The maximum Gasteiger partial charge on any atom is 0.257 e. The second-order valence-corrected chi connectivity index (χ2v) is 4.10. The number of rotatable bonds is 2. The third-order valence-electron chi connectivity index (χ3n) is 3.44. The molecule has 0 aromatic carbocycles. The van der Waals surface area contributed by atoms with Gasteiger partial charge in [0.15, 0.2) is 0 Å². The van der Waals surface area contributed by atoms with E-state index < -0.39 is 5.92 Å². The molecule has 0 aromatic heterocycles. The molecule has 1 saturated carbocycles. The van der Waals surface area contributed by atoms with Crippen LogP contribution in [0.1, 0.15) is 20.3 Å². The molecule has 12 heavy (non-hydrogen) atoms. The highest BCUT2D eigenvalue weighted by atomic mass is 19.3. The fourth-order valence-corrected chi connectivity index (χ4v) is 2.16. The van der Waals surface area contributed by atoms with Crippen LogP contribution in [-0.4, -0.2) is 30.0 Å². The summed E-state index contributed by atoms with van der Waals surface area (Å²) in [6.45, 7) is 5.45. The van der Waals surface area contributed by atoms with Crippen LogP contribution < -0.4 is 0 Å². The van der Waals surface area contributed by atoms with Crippen molar-refractivity contribution in [2.24, 2.45) is 11.8 Å². The molecule has 2 fully saturated rings. The van der Waals surface area contributed by atoms with Crippen LogP contribution in [0.2, 0.25) is 0 Å². The van der Waals surface area contributed by atoms with Gasteiger partial charge in [-0.05, 0) is 13.3 Å². The molecular formula is C9H15F2N. The van der Waals surface area contributed by atoms with Gasteiger partial charge in [0, 0.05) is 31.0 Å². The van der Waals surface area contributed by atoms with Gasteiger partial charge < -0.3 is 0 Å². The third kappa shape index (κ3) is 0.987. The van der Waals surface area contributed by atoms with Crippen molar-refractivity contribution in [3.63, 3.8) is 0 Å². The Hall–Kier alpha value is -0.180. The van der Waals surface area contributed by atoms with Crippen molar-refractivity contribution < 1.29 is 8.78 Å². The van der Waals surface area contributed by atoms with E-state index in [1.54, 1.807) is 0 Å². The van der Waals surface area contributed by atoms with Gasteiger partial charge >= 0.3 is 0 Å². The van der Waals surface area contributed by atoms with Gasteiger partial charge in [-0.15, -0.1) is 0 Å². The minimum absolute atomic E-state index is 0.313. The maximum atomic E-state index is 12.8. The monoisotopic (exact) mass is 175 g/mol. The summed E-state index contributed by atoms with van der Waals surface area (Å²) >= 11 is 0. The second kappa shape index (κ2) is 2.41. The Morgan fingerprint density at radius 3 is 2.33 bits per heavy atom. The Kier molecular flexibility index (Phi) is 1.69. The van der Waals surface area contributed by atoms with E-state index in [1.807, 2.05) is 0 Å². The fourth-order valence-electron chi connectivity index (χ4n) is 2.16. The van der Waals surface area contributed by atoms with Gasteiger partial charge in [0.2, 0.25) is 0 Å². The van der Waals surface area contributed by atoms with Gasteiger partial charge in [-0.2, -0.15) is 0 Å². The predicted molar refractivity (Wildman–Crippen MR) is 43.3 cm³/mol. The van der Waals surface area contributed by atoms with E-state index in [0.29, 0.717) is 19.1 Å². The van der Waals surface area contributed by atoms with E-state index in [4.69, 9.17) is 0 Å². The molecular weight excluding hydrogens is 160 g/mol. The molecule has 0 bridgehead atoms. The summed E-state index contributed by atoms with van der Waals surface area (Å²) in [5.74, 6) is -2.94. The van der Waals surface area contributed by atoms with Crippen LogP contribution >= 0.6 is 0 Å². The first-order valence-electron chi connectivity index (χ1n) is 4.69. The normalized spacial score (nSPS) is 41.0. The first-order chi connectivity index (χ1) is 5.57. The summed E-state index contributed by atoms with van der Waals surface area (Å²) in [6, 6.07) is 0.480. The first kappa shape index (κ1) is 8.42. The fraction of sp³-hybridized carbons (Fsp3) is 1.00. The number of fused-ring (bicyclic) bond motifs is 1. The average Bonchev–Trinajstić information content (AvgIpc) is 2.52. The highest BCUT2D eigenvalue weighted by molar-refractivity contribution is 5.12. The lowest BCUT2D eigenvalue weighted by Gasteiger charge is -2.25. The molecule has 0 aromatic rings. The van der Waals surface area contributed by atoms with E-state index in [1.165, 1.54) is 0 Å². The molecule has 1 saturated heterocycles. The molecule has 1 aliphatic carbocycles. The van der Waals surface area contributed by atoms with Gasteiger partial charge in [-0.3, -0.25) is 4.90 Å². The lowest BCUT2D eigenvalue weighted by molar-refractivity contribution is 0.0451. The molecule has 1 heterocycles. The Morgan fingerprint density at radius 1 is 1.42 bits per heavy atom. The van der Waals surface area contributed by atoms with Crippen molar-refractivity contribution in [2.45, 2.75) is 32.2 Å². The Balaban J connectivity index is 1.90. The van der Waals surface area contributed by atoms with Crippen molar-refractivity contribution in [1.82, 2.24) is 4.90 Å². The van der Waals surface area contributed by atoms with Crippen LogP contribution in [0.25, 0.3) is 0 Å². The zero-order valence-corrected chi connectivity index (χ0v) is 7.56. The molecule has 2 rings (SSSR count). The molecule has 0 amide bonds. The molecule has 3 unspecified atom stereocenters. The number of hydrogen-bond acceptors (Lipinski definition) is 1. The number of halogens is 2. The highest BCUT2D eigenvalue weighted by Gasteiger charge is 2.71. The van der Waals surface area contributed by atoms with Crippen LogP contribution in [0, 0.1) is 11.8 Å². The Morgan fingerprint density at radius 2 is 1.92 bits per heavy atom. The van der Waals surface area contributed by atoms with Gasteiger partial charge in [0.1, 0.15) is 0 Å². The molecule has 1 nitrogen and oxygen atoms in total. The maximum absolute atomic E-state index is 12.8. The molecule has 3 atom stereocenters. The van der Waals surface area contributed by atoms with Crippen molar-refractivity contribution in [3.8, 4) is 0 Å². The van der Waals surface area contributed by atoms with E-state index >= 15 is 0 Å². The van der Waals surface area contributed by atoms with E-state index in [-0.39, 0.29) is 11.8 Å². The van der Waals surface area contributed by atoms with Crippen molar-refractivity contribution >= 4 is 0 Å².